The zero-order chi connectivity index (χ0) is 18.6. The Morgan fingerprint density at radius 3 is 1.22 bits per heavy atom. The molecule has 4 aliphatic carbocycles. The summed E-state index contributed by atoms with van der Waals surface area (Å²) in [6.07, 6.45) is 22.2. The number of aliphatic hydroxyl groups is 2. The number of rotatable bonds is 4. The van der Waals surface area contributed by atoms with Crippen molar-refractivity contribution in [2.75, 3.05) is 0 Å². The predicted octanol–water partition coefficient (Wildman–Crippen LogP) is 6.09. The van der Waals surface area contributed by atoms with Crippen molar-refractivity contribution in [2.24, 2.45) is 35.5 Å². The van der Waals surface area contributed by atoms with E-state index < -0.39 is 0 Å². The second kappa shape index (κ2) is 9.61. The summed E-state index contributed by atoms with van der Waals surface area (Å²) in [4.78, 5) is 0. The first-order valence-corrected chi connectivity index (χ1v) is 12.6. The fourth-order valence-electron chi connectivity index (χ4n) is 7.49. The fourth-order valence-corrected chi connectivity index (χ4v) is 7.49. The number of aliphatic hydroxyl groups excluding tert-OH is 2. The lowest BCUT2D eigenvalue weighted by atomic mass is 9.65. The van der Waals surface area contributed by atoms with Crippen molar-refractivity contribution in [3.05, 3.63) is 0 Å². The topological polar surface area (TPSA) is 40.5 Å². The second-order valence-electron chi connectivity index (χ2n) is 10.8. The molecule has 4 fully saturated rings. The highest BCUT2D eigenvalue weighted by Crippen LogP contribution is 2.45. The first kappa shape index (κ1) is 20.2. The first-order valence-electron chi connectivity index (χ1n) is 12.6. The average molecular weight is 377 g/mol. The molecule has 0 spiro atoms. The van der Waals surface area contributed by atoms with Crippen LogP contribution in [-0.4, -0.2) is 22.4 Å². The van der Waals surface area contributed by atoms with E-state index in [1.165, 1.54) is 89.9 Å². The Bertz CT molecular complexity index is 398. The lowest BCUT2D eigenvalue weighted by Crippen LogP contribution is -2.38. The van der Waals surface area contributed by atoms with Gasteiger partial charge in [-0.1, -0.05) is 64.2 Å². The minimum Gasteiger partial charge on any atom is -0.393 e. The van der Waals surface area contributed by atoms with Gasteiger partial charge in [0.1, 0.15) is 0 Å². The van der Waals surface area contributed by atoms with Crippen LogP contribution < -0.4 is 0 Å². The van der Waals surface area contributed by atoms with Gasteiger partial charge in [-0.3, -0.25) is 0 Å². The summed E-state index contributed by atoms with van der Waals surface area (Å²) in [7, 11) is 0. The summed E-state index contributed by atoms with van der Waals surface area (Å²) in [5, 5.41) is 21.7. The van der Waals surface area contributed by atoms with Gasteiger partial charge in [-0.05, 0) is 80.5 Å². The maximum Gasteiger partial charge on any atom is 0.0571 e. The fraction of sp³-hybridized carbons (Fsp3) is 1.00. The van der Waals surface area contributed by atoms with E-state index in [1.54, 1.807) is 0 Å². The third-order valence-electron chi connectivity index (χ3n) is 9.23. The molecule has 4 rings (SSSR count). The van der Waals surface area contributed by atoms with Crippen molar-refractivity contribution in [3.8, 4) is 0 Å². The van der Waals surface area contributed by atoms with Gasteiger partial charge in [0.2, 0.25) is 0 Å². The van der Waals surface area contributed by atoms with Crippen LogP contribution in [0.5, 0.6) is 0 Å². The molecule has 0 amide bonds. The molecule has 0 heterocycles. The molecule has 0 bridgehead atoms. The maximum absolute atomic E-state index is 10.9. The van der Waals surface area contributed by atoms with Gasteiger partial charge < -0.3 is 10.2 Å². The Morgan fingerprint density at radius 2 is 0.852 bits per heavy atom. The largest absolute Gasteiger partial charge is 0.393 e. The quantitative estimate of drug-likeness (QED) is 0.623. The van der Waals surface area contributed by atoms with Crippen LogP contribution in [-0.2, 0) is 0 Å². The minimum atomic E-state index is -0.103. The SMILES string of the molecule is OC1CC(C2CCCCC2)CCC1CC1CCC(C2CCCCC2)CC1O. The molecule has 0 aliphatic heterocycles. The monoisotopic (exact) mass is 376 g/mol. The standard InChI is InChI=1S/C25H44O2/c26-24-16-20(18-7-3-1-4-8-18)11-13-22(24)15-23-14-12-21(17-25(23)27)19-9-5-2-6-10-19/h18-27H,1-17H2. The molecular weight excluding hydrogens is 332 g/mol. The molecule has 0 saturated heterocycles. The summed E-state index contributed by atoms with van der Waals surface area (Å²) >= 11 is 0. The van der Waals surface area contributed by atoms with Crippen LogP contribution in [0.1, 0.15) is 109 Å². The summed E-state index contributed by atoms with van der Waals surface area (Å²) in [6, 6.07) is 0. The molecule has 2 heteroatoms. The van der Waals surface area contributed by atoms with E-state index >= 15 is 0 Å². The third kappa shape index (κ3) is 5.10. The van der Waals surface area contributed by atoms with E-state index in [-0.39, 0.29) is 12.2 Å². The van der Waals surface area contributed by atoms with E-state index in [0.717, 1.165) is 42.9 Å². The van der Waals surface area contributed by atoms with Gasteiger partial charge in [-0.25, -0.2) is 0 Å². The molecule has 6 unspecified atom stereocenters. The zero-order valence-electron chi connectivity index (χ0n) is 17.5. The lowest BCUT2D eigenvalue weighted by Gasteiger charge is -2.42. The smallest absolute Gasteiger partial charge is 0.0571 e. The van der Waals surface area contributed by atoms with Crippen LogP contribution in [0, 0.1) is 35.5 Å². The average Bonchev–Trinajstić information content (AvgIpc) is 2.72. The highest BCUT2D eigenvalue weighted by molar-refractivity contribution is 4.90. The highest BCUT2D eigenvalue weighted by Gasteiger charge is 2.38. The van der Waals surface area contributed by atoms with E-state index in [9.17, 15) is 10.2 Å². The normalized spacial score (nSPS) is 42.9. The van der Waals surface area contributed by atoms with E-state index in [1.807, 2.05) is 0 Å². The number of hydrogen-bond acceptors (Lipinski definition) is 2. The molecule has 4 aliphatic rings. The van der Waals surface area contributed by atoms with Gasteiger partial charge in [0.05, 0.1) is 12.2 Å². The van der Waals surface area contributed by atoms with Gasteiger partial charge in [-0.2, -0.15) is 0 Å². The Labute approximate surface area is 167 Å². The molecule has 6 atom stereocenters. The van der Waals surface area contributed by atoms with Crippen LogP contribution in [0.2, 0.25) is 0 Å². The van der Waals surface area contributed by atoms with Crippen LogP contribution in [0.3, 0.4) is 0 Å². The zero-order valence-corrected chi connectivity index (χ0v) is 17.5. The van der Waals surface area contributed by atoms with Crippen molar-refractivity contribution in [3.63, 3.8) is 0 Å². The molecule has 0 radical (unpaired) electrons. The Morgan fingerprint density at radius 1 is 0.444 bits per heavy atom. The van der Waals surface area contributed by atoms with Crippen molar-refractivity contribution in [1.29, 1.82) is 0 Å². The van der Waals surface area contributed by atoms with E-state index in [0.29, 0.717) is 11.8 Å². The van der Waals surface area contributed by atoms with Gasteiger partial charge in [-0.15, -0.1) is 0 Å². The first-order chi connectivity index (χ1) is 13.2. The Hall–Kier alpha value is -0.0800. The van der Waals surface area contributed by atoms with Gasteiger partial charge in [0.25, 0.3) is 0 Å². The Kier molecular flexibility index (Phi) is 7.19. The van der Waals surface area contributed by atoms with Crippen LogP contribution >= 0.6 is 0 Å². The minimum absolute atomic E-state index is 0.103. The van der Waals surface area contributed by atoms with Gasteiger partial charge >= 0.3 is 0 Å². The van der Waals surface area contributed by atoms with Crippen LogP contribution in [0.25, 0.3) is 0 Å². The molecule has 0 aromatic rings. The predicted molar refractivity (Wildman–Crippen MR) is 111 cm³/mol. The molecule has 2 N–H and O–H groups in total. The third-order valence-corrected chi connectivity index (χ3v) is 9.23. The molecular formula is C25H44O2. The van der Waals surface area contributed by atoms with Crippen molar-refractivity contribution in [1.82, 2.24) is 0 Å². The summed E-state index contributed by atoms with van der Waals surface area (Å²) in [6.45, 7) is 0. The van der Waals surface area contributed by atoms with E-state index in [2.05, 4.69) is 0 Å². The second-order valence-corrected chi connectivity index (χ2v) is 10.8. The number of hydrogen-bond donors (Lipinski definition) is 2. The van der Waals surface area contributed by atoms with Crippen molar-refractivity contribution < 1.29 is 10.2 Å². The summed E-state index contributed by atoms with van der Waals surface area (Å²) in [5.74, 6) is 4.26. The molecule has 0 aromatic carbocycles. The molecule has 0 aromatic heterocycles. The van der Waals surface area contributed by atoms with Gasteiger partial charge in [0.15, 0.2) is 0 Å². The van der Waals surface area contributed by atoms with Gasteiger partial charge in [0, 0.05) is 0 Å². The Balaban J connectivity index is 1.23. The maximum atomic E-state index is 10.9. The van der Waals surface area contributed by atoms with Crippen LogP contribution in [0.15, 0.2) is 0 Å². The molecule has 2 nitrogen and oxygen atoms in total. The molecule has 156 valence electrons. The van der Waals surface area contributed by atoms with E-state index in [4.69, 9.17) is 0 Å². The molecule has 27 heavy (non-hydrogen) atoms. The van der Waals surface area contributed by atoms with Crippen LogP contribution in [0.4, 0.5) is 0 Å². The summed E-state index contributed by atoms with van der Waals surface area (Å²) < 4.78 is 0. The molecule has 4 saturated carbocycles. The van der Waals surface area contributed by atoms with Crippen molar-refractivity contribution in [2.45, 2.75) is 121 Å². The summed E-state index contributed by atoms with van der Waals surface area (Å²) in [5.41, 5.74) is 0. The van der Waals surface area contributed by atoms with Crippen molar-refractivity contribution >= 4 is 0 Å². The highest BCUT2D eigenvalue weighted by atomic mass is 16.3. The lowest BCUT2D eigenvalue weighted by molar-refractivity contribution is -0.0240.